The molecule has 0 heterocycles. The summed E-state index contributed by atoms with van der Waals surface area (Å²) in [5.74, 6) is 0. The van der Waals surface area contributed by atoms with Gasteiger partial charge in [-0.15, -0.1) is 0 Å². The van der Waals surface area contributed by atoms with Crippen molar-refractivity contribution in [1.29, 1.82) is 0 Å². The molecule has 25 heavy (non-hydrogen) atoms. The molecule has 0 spiro atoms. The highest BCUT2D eigenvalue weighted by molar-refractivity contribution is 9.70. The second-order valence-corrected chi connectivity index (χ2v) is 21.4. The van der Waals surface area contributed by atoms with Crippen LogP contribution in [-0.2, 0) is 0 Å². The van der Waals surface area contributed by atoms with Crippen molar-refractivity contribution in [1.82, 2.24) is 0 Å². The van der Waals surface area contributed by atoms with Gasteiger partial charge in [-0.2, -0.15) is 0 Å². The molecule has 0 aliphatic heterocycles. The van der Waals surface area contributed by atoms with Crippen LogP contribution in [0.15, 0.2) is 78.9 Å². The third-order valence-electron chi connectivity index (χ3n) is 3.62. The van der Waals surface area contributed by atoms with E-state index >= 15 is 0 Å². The first-order valence-electron chi connectivity index (χ1n) is 7.35. The zero-order chi connectivity index (χ0) is 17.8. The number of para-hydroxylation sites is 1. The number of anilines is 3. The Morgan fingerprint density at radius 2 is 0.840 bits per heavy atom. The molecule has 0 aliphatic carbocycles. The third kappa shape index (κ3) is 5.15. The standard InChI is InChI=1S/C18H13Br4NP2/c19-24(20)17-10-6-15(7-11-17)23(14-4-2-1-3-5-14)16-8-12-18(13-9-16)25(21)22/h1-13H. The first-order chi connectivity index (χ1) is 12.1. The predicted octanol–water partition coefficient (Wildman–Crippen LogP) is 8.61. The zero-order valence-corrected chi connectivity index (χ0v) is 21.0. The molecular formula is C18H13Br4NP2. The Morgan fingerprint density at radius 3 is 1.20 bits per heavy atom. The van der Waals surface area contributed by atoms with Crippen LogP contribution in [0.1, 0.15) is 0 Å². The van der Waals surface area contributed by atoms with Gasteiger partial charge in [-0.05, 0) is 109 Å². The Kier molecular flexibility index (Phi) is 7.55. The predicted molar refractivity (Wildman–Crippen MR) is 130 cm³/mol. The fourth-order valence-electron chi connectivity index (χ4n) is 2.45. The van der Waals surface area contributed by atoms with E-state index in [1.165, 1.54) is 10.6 Å². The van der Waals surface area contributed by atoms with Crippen LogP contribution >= 0.6 is 72.6 Å². The number of hydrogen-bond donors (Lipinski definition) is 0. The van der Waals surface area contributed by atoms with E-state index in [1.54, 1.807) is 0 Å². The highest BCUT2D eigenvalue weighted by Crippen LogP contribution is 2.51. The Hall–Kier alpha value is 0.240. The molecule has 0 amide bonds. The lowest BCUT2D eigenvalue weighted by molar-refractivity contribution is 1.29. The summed E-state index contributed by atoms with van der Waals surface area (Å²) in [5.41, 5.74) is 3.42. The molecule has 1 nitrogen and oxygen atoms in total. The van der Waals surface area contributed by atoms with Gasteiger partial charge in [0, 0.05) is 17.1 Å². The summed E-state index contributed by atoms with van der Waals surface area (Å²) in [6.45, 7) is 0. The van der Waals surface area contributed by atoms with Gasteiger partial charge in [0.15, 0.2) is 0 Å². The van der Waals surface area contributed by atoms with Crippen molar-refractivity contribution in [2.24, 2.45) is 0 Å². The molecule has 0 unspecified atom stereocenters. The number of nitrogens with zero attached hydrogens (tertiary/aromatic N) is 1. The van der Waals surface area contributed by atoms with Gasteiger partial charge in [0.25, 0.3) is 0 Å². The zero-order valence-electron chi connectivity index (χ0n) is 12.9. The van der Waals surface area contributed by atoms with E-state index in [2.05, 4.69) is 140 Å². The average molecular weight is 625 g/mol. The van der Waals surface area contributed by atoms with Crippen LogP contribution in [0.3, 0.4) is 0 Å². The highest BCUT2D eigenvalue weighted by atomic mass is 79.9. The van der Waals surface area contributed by atoms with Crippen molar-refractivity contribution < 1.29 is 0 Å². The van der Waals surface area contributed by atoms with Gasteiger partial charge in [-0.1, -0.05) is 42.5 Å². The first-order valence-corrected chi connectivity index (χ1v) is 18.1. The first kappa shape index (κ1) is 20.0. The van der Waals surface area contributed by atoms with E-state index in [4.69, 9.17) is 0 Å². The SMILES string of the molecule is BrP(Br)c1ccc(N(c2ccccc2)c2ccc(P(Br)Br)cc2)cc1. The van der Waals surface area contributed by atoms with E-state index in [0.717, 1.165) is 17.1 Å². The number of halogens is 4. The van der Waals surface area contributed by atoms with Crippen LogP contribution in [-0.4, -0.2) is 0 Å². The monoisotopic (exact) mass is 621 g/mol. The summed E-state index contributed by atoms with van der Waals surface area (Å²) in [6, 6.07) is 27.7. The van der Waals surface area contributed by atoms with E-state index in [0.29, 0.717) is 0 Å². The maximum Gasteiger partial charge on any atom is 0.0654 e. The largest absolute Gasteiger partial charge is 0.311 e. The molecule has 3 rings (SSSR count). The molecule has 0 saturated heterocycles. The fraction of sp³-hybridized carbons (Fsp3) is 0. The van der Waals surface area contributed by atoms with Gasteiger partial charge in [-0.3, -0.25) is 0 Å². The van der Waals surface area contributed by atoms with Crippen LogP contribution in [0.2, 0.25) is 0 Å². The minimum atomic E-state index is -0.449. The van der Waals surface area contributed by atoms with Gasteiger partial charge < -0.3 is 4.90 Å². The number of hydrogen-bond acceptors (Lipinski definition) is 1. The summed E-state index contributed by atoms with van der Waals surface area (Å²) in [7, 11) is 0. The lowest BCUT2D eigenvalue weighted by Crippen LogP contribution is -2.11. The maximum atomic E-state index is 3.62. The van der Waals surface area contributed by atoms with E-state index in [9.17, 15) is 0 Å². The molecule has 0 aliphatic rings. The second-order valence-electron chi connectivity index (χ2n) is 5.17. The summed E-state index contributed by atoms with van der Waals surface area (Å²) in [5, 5.41) is 1.61. The molecule has 3 aromatic rings. The van der Waals surface area contributed by atoms with Crippen LogP contribution in [0.4, 0.5) is 17.1 Å². The number of benzene rings is 3. The molecule has 0 atom stereocenters. The molecule has 3 aromatic carbocycles. The molecular weight excluding hydrogens is 612 g/mol. The third-order valence-corrected chi connectivity index (χ3v) is 9.91. The molecule has 0 aromatic heterocycles. The lowest BCUT2D eigenvalue weighted by Gasteiger charge is -2.26. The minimum Gasteiger partial charge on any atom is -0.311 e. The summed E-state index contributed by atoms with van der Waals surface area (Å²) in [6.07, 6.45) is 0. The smallest absolute Gasteiger partial charge is 0.0654 e. The van der Waals surface area contributed by atoms with Gasteiger partial charge in [0.2, 0.25) is 0 Å². The normalized spacial score (nSPS) is 11.1. The van der Waals surface area contributed by atoms with Crippen molar-refractivity contribution in [3.05, 3.63) is 78.9 Å². The van der Waals surface area contributed by atoms with Crippen molar-refractivity contribution in [2.75, 3.05) is 4.90 Å². The van der Waals surface area contributed by atoms with E-state index < -0.39 is 10.7 Å². The van der Waals surface area contributed by atoms with Crippen LogP contribution < -0.4 is 15.5 Å². The summed E-state index contributed by atoms with van der Waals surface area (Å²) in [4.78, 5) is 2.27. The van der Waals surface area contributed by atoms with E-state index in [1.807, 2.05) is 6.07 Å². The van der Waals surface area contributed by atoms with Gasteiger partial charge in [-0.25, -0.2) is 0 Å². The Morgan fingerprint density at radius 1 is 0.480 bits per heavy atom. The molecule has 0 bridgehead atoms. The molecule has 0 radical (unpaired) electrons. The molecule has 128 valence electrons. The molecule has 0 fully saturated rings. The summed E-state index contributed by atoms with van der Waals surface area (Å²) >= 11 is 14.5. The Bertz CT molecular complexity index is 757. The van der Waals surface area contributed by atoms with Crippen molar-refractivity contribution in [2.45, 2.75) is 0 Å². The maximum absolute atomic E-state index is 3.62. The van der Waals surface area contributed by atoms with Gasteiger partial charge in [0.1, 0.15) is 0 Å². The van der Waals surface area contributed by atoms with Crippen molar-refractivity contribution >= 4 is 100 Å². The van der Waals surface area contributed by atoms with Crippen molar-refractivity contribution in [3.8, 4) is 0 Å². The summed E-state index contributed by atoms with van der Waals surface area (Å²) < 4.78 is 0. The molecule has 7 heteroatoms. The number of rotatable bonds is 5. The fourth-order valence-corrected chi connectivity index (χ4v) is 6.04. The highest BCUT2D eigenvalue weighted by Gasteiger charge is 2.13. The van der Waals surface area contributed by atoms with Gasteiger partial charge >= 0.3 is 0 Å². The Balaban J connectivity index is 2.04. The quantitative estimate of drug-likeness (QED) is 0.257. The average Bonchev–Trinajstić information content (AvgIpc) is 2.64. The molecule has 0 N–H and O–H groups in total. The van der Waals surface area contributed by atoms with Crippen LogP contribution in [0.25, 0.3) is 0 Å². The van der Waals surface area contributed by atoms with Crippen LogP contribution in [0, 0.1) is 0 Å². The Labute approximate surface area is 182 Å². The second kappa shape index (κ2) is 9.44. The van der Waals surface area contributed by atoms with Gasteiger partial charge in [0.05, 0.1) is 10.7 Å². The topological polar surface area (TPSA) is 3.24 Å². The van der Waals surface area contributed by atoms with Crippen molar-refractivity contribution in [3.63, 3.8) is 0 Å². The van der Waals surface area contributed by atoms with Crippen LogP contribution in [0.5, 0.6) is 0 Å². The molecule has 0 saturated carbocycles. The minimum absolute atomic E-state index is 0.449. The van der Waals surface area contributed by atoms with E-state index in [-0.39, 0.29) is 0 Å². The lowest BCUT2D eigenvalue weighted by atomic mass is 10.2.